The zero-order chi connectivity index (χ0) is 13.4. The Morgan fingerprint density at radius 1 is 1.26 bits per heavy atom. The van der Waals surface area contributed by atoms with Crippen molar-refractivity contribution in [3.8, 4) is 0 Å². The second kappa shape index (κ2) is 4.16. The topological polar surface area (TPSA) is 80.1 Å². The normalized spacial score (nSPS) is 12.2. The summed E-state index contributed by atoms with van der Waals surface area (Å²) in [6, 6.07) is 4.90. The molecule has 0 amide bonds. The Morgan fingerprint density at radius 3 is 2.74 bits per heavy atom. The number of aryl methyl sites for hydroxylation is 1. The summed E-state index contributed by atoms with van der Waals surface area (Å²) < 4.78 is 1.27. The van der Waals surface area contributed by atoms with Crippen LogP contribution in [0.15, 0.2) is 40.2 Å². The van der Waals surface area contributed by atoms with Gasteiger partial charge in [0.1, 0.15) is 5.35 Å². The number of aromatic nitrogens is 4. The number of H-pyrrole nitrogens is 1. The van der Waals surface area contributed by atoms with E-state index in [4.69, 9.17) is 0 Å². The molecular weight excluding hydrogens is 244 g/mol. The molecule has 0 bridgehead atoms. The fraction of sp³-hybridized carbons (Fsp3) is 0.0769. The molecule has 1 N–H and O–H groups in total. The Bertz CT molecular complexity index is 909. The van der Waals surface area contributed by atoms with Crippen LogP contribution in [-0.2, 0) is 0 Å². The van der Waals surface area contributed by atoms with Crippen LogP contribution in [0.2, 0.25) is 0 Å². The number of aromatic amines is 1. The number of nitrogens with one attached hydrogen (secondary N) is 1. The third-order valence-corrected chi connectivity index (χ3v) is 2.76. The maximum atomic E-state index is 12.0. The van der Waals surface area contributed by atoms with Gasteiger partial charge in [-0.15, -0.1) is 0 Å². The summed E-state index contributed by atoms with van der Waals surface area (Å²) in [6.45, 7) is 1.71. The van der Waals surface area contributed by atoms with Crippen LogP contribution in [-0.4, -0.2) is 19.4 Å². The molecule has 0 atom stereocenters. The van der Waals surface area contributed by atoms with Crippen LogP contribution < -0.4 is 16.5 Å². The fourth-order valence-corrected chi connectivity index (χ4v) is 1.93. The van der Waals surface area contributed by atoms with Crippen LogP contribution in [0.3, 0.4) is 0 Å². The van der Waals surface area contributed by atoms with Gasteiger partial charge in [-0.3, -0.25) is 19.6 Å². The van der Waals surface area contributed by atoms with Gasteiger partial charge in [0.2, 0.25) is 5.78 Å². The summed E-state index contributed by atoms with van der Waals surface area (Å²) in [5.41, 5.74) is 0.746. The van der Waals surface area contributed by atoms with Crippen molar-refractivity contribution in [2.24, 2.45) is 0 Å². The Kier molecular flexibility index (Phi) is 2.49. The molecular formula is C13H10N4O2. The van der Waals surface area contributed by atoms with Gasteiger partial charge < -0.3 is 0 Å². The summed E-state index contributed by atoms with van der Waals surface area (Å²) in [5.74, 6) is 0.260. The van der Waals surface area contributed by atoms with Crippen molar-refractivity contribution >= 4 is 11.9 Å². The van der Waals surface area contributed by atoms with Crippen molar-refractivity contribution in [1.82, 2.24) is 19.4 Å². The van der Waals surface area contributed by atoms with E-state index < -0.39 is 0 Å². The molecule has 0 spiro atoms. The molecule has 94 valence electrons. The summed E-state index contributed by atoms with van der Waals surface area (Å²) in [4.78, 5) is 34.5. The SMILES string of the molecule is Cc1cc(=O)n2c(=Cc3ccncc3)c(=O)[nH]c2n1. The highest BCUT2D eigenvalue weighted by molar-refractivity contribution is 5.48. The number of pyridine rings is 1. The lowest BCUT2D eigenvalue weighted by Crippen LogP contribution is -2.32. The van der Waals surface area contributed by atoms with E-state index in [2.05, 4.69) is 15.0 Å². The average molecular weight is 254 g/mol. The molecule has 3 aromatic rings. The molecule has 0 radical (unpaired) electrons. The predicted octanol–water partition coefficient (Wildman–Crippen LogP) is -0.366. The van der Waals surface area contributed by atoms with E-state index in [1.165, 1.54) is 10.5 Å². The van der Waals surface area contributed by atoms with Crippen LogP contribution in [0.25, 0.3) is 11.9 Å². The lowest BCUT2D eigenvalue weighted by atomic mass is 10.2. The molecule has 3 heterocycles. The third-order valence-electron chi connectivity index (χ3n) is 2.76. The van der Waals surface area contributed by atoms with Gasteiger partial charge in [0.05, 0.1) is 0 Å². The molecule has 0 aliphatic carbocycles. The summed E-state index contributed by atoms with van der Waals surface area (Å²) in [5, 5.41) is 0.263. The quantitative estimate of drug-likeness (QED) is 0.642. The first-order valence-corrected chi connectivity index (χ1v) is 5.69. The van der Waals surface area contributed by atoms with Crippen molar-refractivity contribution in [2.45, 2.75) is 6.92 Å². The summed E-state index contributed by atoms with van der Waals surface area (Å²) >= 11 is 0. The summed E-state index contributed by atoms with van der Waals surface area (Å²) in [6.07, 6.45) is 4.87. The lowest BCUT2D eigenvalue weighted by Gasteiger charge is -1.94. The van der Waals surface area contributed by atoms with Gasteiger partial charge in [0, 0.05) is 24.2 Å². The van der Waals surface area contributed by atoms with Gasteiger partial charge in [-0.05, 0) is 30.7 Å². The minimum Gasteiger partial charge on any atom is -0.290 e. The van der Waals surface area contributed by atoms with E-state index in [0.717, 1.165) is 5.56 Å². The van der Waals surface area contributed by atoms with Crippen LogP contribution in [0, 0.1) is 6.92 Å². The standard InChI is InChI=1S/C13H10N4O2/c1-8-6-11(18)17-10(12(19)16-13(17)15-8)7-9-2-4-14-5-3-9/h2-7H,1H3,(H,15,16,19). The van der Waals surface area contributed by atoms with Crippen molar-refractivity contribution in [3.63, 3.8) is 0 Å². The lowest BCUT2D eigenvalue weighted by molar-refractivity contribution is 0.999. The van der Waals surface area contributed by atoms with Crippen molar-refractivity contribution in [2.75, 3.05) is 0 Å². The van der Waals surface area contributed by atoms with Crippen LogP contribution in [0.4, 0.5) is 0 Å². The molecule has 0 aromatic carbocycles. The Balaban J connectivity index is 2.43. The van der Waals surface area contributed by atoms with E-state index in [9.17, 15) is 9.59 Å². The second-order valence-electron chi connectivity index (χ2n) is 4.16. The average Bonchev–Trinajstić information content (AvgIpc) is 2.67. The van der Waals surface area contributed by atoms with Gasteiger partial charge in [-0.1, -0.05) is 0 Å². The number of imidazole rings is 1. The molecule has 0 saturated carbocycles. The number of hydrogen-bond acceptors (Lipinski definition) is 4. The first-order chi connectivity index (χ1) is 9.15. The van der Waals surface area contributed by atoms with Gasteiger partial charge in [0.15, 0.2) is 0 Å². The Hall–Kier alpha value is -2.76. The first-order valence-electron chi connectivity index (χ1n) is 5.69. The van der Waals surface area contributed by atoms with Gasteiger partial charge in [-0.25, -0.2) is 9.38 Å². The van der Waals surface area contributed by atoms with Gasteiger partial charge in [0.25, 0.3) is 11.1 Å². The third kappa shape index (κ3) is 1.93. The summed E-state index contributed by atoms with van der Waals surface area (Å²) in [7, 11) is 0. The fourth-order valence-electron chi connectivity index (χ4n) is 1.93. The molecule has 0 fully saturated rings. The second-order valence-corrected chi connectivity index (χ2v) is 4.16. The Morgan fingerprint density at radius 2 is 2.00 bits per heavy atom. The largest absolute Gasteiger partial charge is 0.290 e. The van der Waals surface area contributed by atoms with E-state index >= 15 is 0 Å². The molecule has 6 heteroatoms. The number of fused-ring (bicyclic) bond motifs is 1. The minimum absolute atomic E-state index is 0.260. The minimum atomic E-state index is -0.341. The highest BCUT2D eigenvalue weighted by Gasteiger charge is 2.06. The molecule has 0 aliphatic heterocycles. The van der Waals surface area contributed by atoms with Crippen molar-refractivity contribution < 1.29 is 0 Å². The molecule has 0 unspecified atom stereocenters. The van der Waals surface area contributed by atoms with Crippen LogP contribution in [0.1, 0.15) is 11.3 Å². The van der Waals surface area contributed by atoms with E-state index in [0.29, 0.717) is 5.69 Å². The molecule has 19 heavy (non-hydrogen) atoms. The van der Waals surface area contributed by atoms with Crippen LogP contribution in [0.5, 0.6) is 0 Å². The van der Waals surface area contributed by atoms with E-state index in [-0.39, 0.29) is 22.2 Å². The first kappa shape index (κ1) is 11.3. The molecule has 3 rings (SSSR count). The van der Waals surface area contributed by atoms with Crippen LogP contribution >= 0.6 is 0 Å². The molecule has 3 aromatic heterocycles. The zero-order valence-corrected chi connectivity index (χ0v) is 10.1. The monoisotopic (exact) mass is 254 g/mol. The molecule has 0 saturated heterocycles. The zero-order valence-electron chi connectivity index (χ0n) is 10.1. The maximum absolute atomic E-state index is 12.0. The smallest absolute Gasteiger partial charge is 0.275 e. The van der Waals surface area contributed by atoms with Crippen molar-refractivity contribution in [3.05, 3.63) is 67.9 Å². The number of hydrogen-bond donors (Lipinski definition) is 1. The predicted molar refractivity (Wildman–Crippen MR) is 69.8 cm³/mol. The molecule has 6 nitrogen and oxygen atoms in total. The number of nitrogens with zero attached hydrogens (tertiary/aromatic N) is 3. The maximum Gasteiger partial charge on any atom is 0.275 e. The highest BCUT2D eigenvalue weighted by Crippen LogP contribution is 1.96. The van der Waals surface area contributed by atoms with E-state index in [1.807, 2.05) is 0 Å². The van der Waals surface area contributed by atoms with Gasteiger partial charge in [-0.2, -0.15) is 0 Å². The molecule has 0 aliphatic rings. The highest BCUT2D eigenvalue weighted by atomic mass is 16.1. The van der Waals surface area contributed by atoms with Crippen molar-refractivity contribution in [1.29, 1.82) is 0 Å². The number of rotatable bonds is 1. The van der Waals surface area contributed by atoms with E-state index in [1.54, 1.807) is 37.5 Å². The Labute approximate surface area is 107 Å². The van der Waals surface area contributed by atoms with Gasteiger partial charge >= 0.3 is 0 Å².